The van der Waals surface area contributed by atoms with Crippen LogP contribution in [0.3, 0.4) is 0 Å². The average Bonchev–Trinajstić information content (AvgIpc) is 3.40. The molecule has 1 amide bonds. The van der Waals surface area contributed by atoms with E-state index in [1.54, 1.807) is 6.20 Å². The van der Waals surface area contributed by atoms with Gasteiger partial charge in [0.25, 0.3) is 0 Å². The van der Waals surface area contributed by atoms with Gasteiger partial charge in [-0.15, -0.1) is 0 Å². The lowest BCUT2D eigenvalue weighted by molar-refractivity contribution is -0.116. The summed E-state index contributed by atoms with van der Waals surface area (Å²) in [6, 6.07) is 18.0. The van der Waals surface area contributed by atoms with Gasteiger partial charge in [0.05, 0.1) is 18.1 Å². The Morgan fingerprint density at radius 2 is 1.92 bits per heavy atom. The number of nitrogens with one attached hydrogen (secondary N) is 1. The Hall–Kier alpha value is -3.46. The van der Waals surface area contributed by atoms with Gasteiger partial charge in [-0.2, -0.15) is 0 Å². The number of ether oxygens (including phenoxy) is 1. The number of fused-ring (bicyclic) bond motifs is 1. The zero-order valence-electron chi connectivity index (χ0n) is 20.6. The largest absolute Gasteiger partial charge is 0.373 e. The van der Waals surface area contributed by atoms with Gasteiger partial charge in [0.15, 0.2) is 0 Å². The second-order valence-electron chi connectivity index (χ2n) is 9.39. The van der Waals surface area contributed by atoms with Crippen LogP contribution < -0.4 is 10.6 Å². The predicted octanol–water partition coefficient (Wildman–Crippen LogP) is 4.46. The number of carbonyl (C=O) groups excluding carboxylic acids is 1. The van der Waals surface area contributed by atoms with Crippen LogP contribution in [0.4, 0.5) is 11.5 Å². The fraction of sp³-hybridized carbons (Fsp3) is 0.321. The minimum absolute atomic E-state index is 0.0100. The predicted molar refractivity (Wildman–Crippen MR) is 146 cm³/mol. The molecule has 1 aliphatic heterocycles. The summed E-state index contributed by atoms with van der Waals surface area (Å²) in [5, 5.41) is 1.60. The number of anilines is 2. The van der Waals surface area contributed by atoms with Crippen LogP contribution in [0.15, 0.2) is 67.1 Å². The highest BCUT2D eigenvalue weighted by Gasteiger charge is 2.21. The van der Waals surface area contributed by atoms with E-state index in [2.05, 4.69) is 32.0 Å². The van der Waals surface area contributed by atoms with E-state index in [4.69, 9.17) is 22.1 Å². The van der Waals surface area contributed by atoms with E-state index < -0.39 is 5.91 Å². The lowest BCUT2D eigenvalue weighted by Crippen LogP contribution is -2.38. The maximum Gasteiger partial charge on any atom is 0.237 e. The van der Waals surface area contributed by atoms with Crippen molar-refractivity contribution in [2.45, 2.75) is 32.0 Å². The Morgan fingerprint density at radius 3 is 2.70 bits per heavy atom. The topological polar surface area (TPSA) is 100 Å². The minimum atomic E-state index is -0.438. The summed E-state index contributed by atoms with van der Waals surface area (Å²) in [4.78, 5) is 28.0. The number of nitrogens with zero attached hydrogens (tertiary/aromatic N) is 4. The molecule has 9 heteroatoms. The number of H-pyrrole nitrogens is 1. The molecule has 1 saturated heterocycles. The molecule has 4 aromatic rings. The molecule has 0 saturated carbocycles. The first-order chi connectivity index (χ1) is 18.0. The molecule has 0 radical (unpaired) electrons. The van der Waals surface area contributed by atoms with Crippen molar-refractivity contribution < 1.29 is 9.53 Å². The summed E-state index contributed by atoms with van der Waals surface area (Å²) in [6.45, 7) is 3.63. The van der Waals surface area contributed by atoms with Crippen LogP contribution in [0.1, 0.15) is 24.0 Å². The number of piperidine rings is 1. The van der Waals surface area contributed by atoms with E-state index in [0.717, 1.165) is 60.6 Å². The number of primary amides is 1. The van der Waals surface area contributed by atoms with E-state index >= 15 is 0 Å². The number of hydrogen-bond acceptors (Lipinski definition) is 6. The van der Waals surface area contributed by atoms with E-state index in [-0.39, 0.29) is 12.6 Å². The van der Waals surface area contributed by atoms with Gasteiger partial charge >= 0.3 is 0 Å². The maximum absolute atomic E-state index is 11.9. The van der Waals surface area contributed by atoms with Crippen LogP contribution in [0.5, 0.6) is 0 Å². The van der Waals surface area contributed by atoms with Gasteiger partial charge in [-0.25, -0.2) is 9.97 Å². The molecule has 2 aromatic heterocycles. The first-order valence-corrected chi connectivity index (χ1v) is 12.9. The Bertz CT molecular complexity index is 1330. The molecule has 3 N–H and O–H groups in total. The molecule has 8 nitrogen and oxygen atoms in total. The number of hydrogen-bond donors (Lipinski definition) is 2. The smallest absolute Gasteiger partial charge is 0.237 e. The summed E-state index contributed by atoms with van der Waals surface area (Å²) < 4.78 is 6.29. The SMILES string of the molecule is NC(=O)CN(c1cccc(COC2CCN(CCc3ccc(Cl)cc3)CC2)c1)c1ncnc2[nH]ccc12. The highest BCUT2D eigenvalue weighted by atomic mass is 35.5. The maximum atomic E-state index is 11.9. The molecule has 1 aliphatic rings. The van der Waals surface area contributed by atoms with E-state index in [1.807, 2.05) is 47.4 Å². The van der Waals surface area contributed by atoms with Crippen molar-refractivity contribution >= 4 is 40.0 Å². The molecular formula is C28H31ClN6O2. The van der Waals surface area contributed by atoms with Crippen molar-refractivity contribution in [1.29, 1.82) is 0 Å². The Labute approximate surface area is 221 Å². The monoisotopic (exact) mass is 518 g/mol. The quantitative estimate of drug-likeness (QED) is 0.321. The molecule has 1 fully saturated rings. The van der Waals surface area contributed by atoms with E-state index in [9.17, 15) is 4.79 Å². The van der Waals surface area contributed by atoms with E-state index in [1.165, 1.54) is 11.9 Å². The lowest BCUT2D eigenvalue weighted by Gasteiger charge is -2.32. The first-order valence-electron chi connectivity index (χ1n) is 12.6. The summed E-state index contributed by atoms with van der Waals surface area (Å²) in [5.74, 6) is 0.195. The van der Waals surface area contributed by atoms with Crippen LogP contribution in [-0.4, -0.2) is 58.0 Å². The second-order valence-corrected chi connectivity index (χ2v) is 9.82. The molecule has 5 rings (SSSR count). The summed E-state index contributed by atoms with van der Waals surface area (Å²) in [7, 11) is 0. The lowest BCUT2D eigenvalue weighted by atomic mass is 10.1. The zero-order chi connectivity index (χ0) is 25.6. The van der Waals surface area contributed by atoms with E-state index in [0.29, 0.717) is 18.1 Å². The standard InChI is InChI=1S/C28H31ClN6O2/c29-22-6-4-20(5-7-22)9-13-34-14-10-24(11-15-34)37-18-21-2-1-3-23(16-21)35(17-26(30)36)28-25-8-12-31-27(25)32-19-33-28/h1-8,12,16,19,24H,9-11,13-15,17-18H2,(H2,30,36)(H,31,32,33). The number of nitrogens with two attached hydrogens (primary N) is 1. The molecule has 192 valence electrons. The normalized spacial score (nSPS) is 14.7. The first kappa shape index (κ1) is 25.2. The number of likely N-dealkylation sites (tertiary alicyclic amines) is 1. The number of amides is 1. The summed E-state index contributed by atoms with van der Waals surface area (Å²) in [6.07, 6.45) is 6.58. The van der Waals surface area contributed by atoms with Crippen molar-refractivity contribution in [2.75, 3.05) is 31.1 Å². The number of halogens is 1. The van der Waals surface area contributed by atoms with Gasteiger partial charge < -0.3 is 25.3 Å². The Kier molecular flexibility index (Phi) is 7.99. The van der Waals surface area contributed by atoms with Gasteiger partial charge in [0.1, 0.15) is 24.3 Å². The minimum Gasteiger partial charge on any atom is -0.373 e. The van der Waals surface area contributed by atoms with Crippen LogP contribution in [0.2, 0.25) is 5.02 Å². The van der Waals surface area contributed by atoms with Gasteiger partial charge in [-0.1, -0.05) is 35.9 Å². The highest BCUT2D eigenvalue weighted by molar-refractivity contribution is 6.30. The second kappa shape index (κ2) is 11.7. The number of aromatic amines is 1. The molecule has 2 aromatic carbocycles. The van der Waals surface area contributed by atoms with Crippen molar-refractivity contribution in [3.8, 4) is 0 Å². The molecule has 0 bridgehead atoms. The molecule has 0 atom stereocenters. The third-order valence-corrected chi connectivity index (χ3v) is 7.03. The summed E-state index contributed by atoms with van der Waals surface area (Å²) in [5.41, 5.74) is 9.48. The van der Waals surface area contributed by atoms with Crippen molar-refractivity contribution in [2.24, 2.45) is 5.73 Å². The summed E-state index contributed by atoms with van der Waals surface area (Å²) >= 11 is 5.99. The number of aromatic nitrogens is 3. The fourth-order valence-corrected chi connectivity index (χ4v) is 4.91. The van der Waals surface area contributed by atoms with Crippen LogP contribution in [-0.2, 0) is 22.6 Å². The van der Waals surface area contributed by atoms with Gasteiger partial charge in [0, 0.05) is 36.5 Å². The molecule has 37 heavy (non-hydrogen) atoms. The van der Waals surface area contributed by atoms with Gasteiger partial charge in [-0.3, -0.25) is 4.79 Å². The fourth-order valence-electron chi connectivity index (χ4n) is 4.78. The average molecular weight is 519 g/mol. The van der Waals surface area contributed by atoms with Crippen molar-refractivity contribution in [3.05, 3.63) is 83.3 Å². The molecule has 3 heterocycles. The number of carbonyl (C=O) groups is 1. The third kappa shape index (κ3) is 6.46. The van der Waals surface area contributed by atoms with Gasteiger partial charge in [0.2, 0.25) is 5.91 Å². The van der Waals surface area contributed by atoms with Crippen molar-refractivity contribution in [1.82, 2.24) is 19.9 Å². The zero-order valence-corrected chi connectivity index (χ0v) is 21.4. The third-order valence-electron chi connectivity index (χ3n) is 6.78. The molecule has 0 unspecified atom stereocenters. The Balaban J connectivity index is 1.18. The Morgan fingerprint density at radius 1 is 1.11 bits per heavy atom. The van der Waals surface area contributed by atoms with Gasteiger partial charge in [-0.05, 0) is 60.7 Å². The number of benzene rings is 2. The van der Waals surface area contributed by atoms with Crippen LogP contribution in [0.25, 0.3) is 11.0 Å². The molecule has 0 spiro atoms. The molecular weight excluding hydrogens is 488 g/mol. The van der Waals surface area contributed by atoms with Crippen molar-refractivity contribution in [3.63, 3.8) is 0 Å². The number of rotatable bonds is 10. The van der Waals surface area contributed by atoms with Crippen LogP contribution >= 0.6 is 11.6 Å². The van der Waals surface area contributed by atoms with Crippen LogP contribution in [0, 0.1) is 0 Å². The highest BCUT2D eigenvalue weighted by Crippen LogP contribution is 2.30. The molecule has 0 aliphatic carbocycles.